The van der Waals surface area contributed by atoms with E-state index in [2.05, 4.69) is 12.2 Å². The van der Waals surface area contributed by atoms with Gasteiger partial charge in [-0.3, -0.25) is 0 Å². The highest BCUT2D eigenvalue weighted by Gasteiger charge is 2.32. The Morgan fingerprint density at radius 1 is 1.50 bits per heavy atom. The number of hydrogen-bond acceptors (Lipinski definition) is 3. The lowest BCUT2D eigenvalue weighted by molar-refractivity contribution is 0.0885. The summed E-state index contributed by atoms with van der Waals surface area (Å²) in [6, 6.07) is 5.73. The highest BCUT2D eigenvalue weighted by Crippen LogP contribution is 2.42. The molecule has 1 fully saturated rings. The van der Waals surface area contributed by atoms with E-state index in [1.54, 1.807) is 7.11 Å². The summed E-state index contributed by atoms with van der Waals surface area (Å²) >= 11 is 6.31. The van der Waals surface area contributed by atoms with Crippen LogP contribution in [-0.4, -0.2) is 26.8 Å². The van der Waals surface area contributed by atoms with Crippen molar-refractivity contribution in [3.05, 3.63) is 28.8 Å². The molecule has 3 nitrogen and oxygen atoms in total. The van der Waals surface area contributed by atoms with E-state index in [0.717, 1.165) is 42.5 Å². The highest BCUT2D eigenvalue weighted by atomic mass is 35.5. The van der Waals surface area contributed by atoms with Crippen molar-refractivity contribution in [2.24, 2.45) is 5.92 Å². The van der Waals surface area contributed by atoms with Crippen molar-refractivity contribution in [1.29, 1.82) is 0 Å². The predicted octanol–water partition coefficient (Wildman–Crippen LogP) is 3.04. The summed E-state index contributed by atoms with van der Waals surface area (Å²) in [5.41, 5.74) is 0.988. The molecule has 0 aliphatic carbocycles. The fraction of sp³-hybridized carbons (Fsp3) is 0.571. The molecule has 0 amide bonds. The van der Waals surface area contributed by atoms with Crippen LogP contribution in [-0.2, 0) is 4.74 Å². The maximum Gasteiger partial charge on any atom is 0.126 e. The molecule has 18 heavy (non-hydrogen) atoms. The molecule has 1 N–H and O–H groups in total. The zero-order valence-electron chi connectivity index (χ0n) is 10.9. The molecule has 1 aromatic rings. The molecule has 1 aliphatic heterocycles. The van der Waals surface area contributed by atoms with Crippen LogP contribution in [0.2, 0.25) is 5.02 Å². The molecule has 1 heterocycles. The molecular formula is C14H20ClNO2. The molecule has 1 aliphatic rings. The van der Waals surface area contributed by atoms with Crippen LogP contribution in [0.3, 0.4) is 0 Å². The number of halogens is 1. The van der Waals surface area contributed by atoms with Gasteiger partial charge in [-0.05, 0) is 25.1 Å². The first-order valence-electron chi connectivity index (χ1n) is 6.42. The molecule has 2 rings (SSSR count). The first kappa shape index (κ1) is 13.7. The van der Waals surface area contributed by atoms with E-state index in [1.807, 2.05) is 18.2 Å². The van der Waals surface area contributed by atoms with Gasteiger partial charge < -0.3 is 14.8 Å². The molecule has 100 valence electrons. The van der Waals surface area contributed by atoms with Gasteiger partial charge >= 0.3 is 0 Å². The van der Waals surface area contributed by atoms with Gasteiger partial charge in [0, 0.05) is 24.6 Å². The maximum atomic E-state index is 6.31. The Balaban J connectivity index is 2.24. The zero-order valence-corrected chi connectivity index (χ0v) is 11.7. The van der Waals surface area contributed by atoms with Gasteiger partial charge in [0.25, 0.3) is 0 Å². The Bertz CT molecular complexity index is 397. The Hall–Kier alpha value is -0.770. The molecule has 0 radical (unpaired) electrons. The summed E-state index contributed by atoms with van der Waals surface area (Å²) in [4.78, 5) is 0. The van der Waals surface area contributed by atoms with Crippen LogP contribution in [0.5, 0.6) is 5.75 Å². The Kier molecular flexibility index (Phi) is 4.87. The third-order valence-electron chi connectivity index (χ3n) is 3.39. The van der Waals surface area contributed by atoms with Crippen molar-refractivity contribution in [3.63, 3.8) is 0 Å². The normalized spacial score (nSPS) is 23.3. The van der Waals surface area contributed by atoms with E-state index in [-0.39, 0.29) is 6.10 Å². The van der Waals surface area contributed by atoms with E-state index in [9.17, 15) is 0 Å². The van der Waals surface area contributed by atoms with Crippen molar-refractivity contribution in [1.82, 2.24) is 5.32 Å². The average Bonchev–Trinajstić information content (AvgIpc) is 2.83. The fourth-order valence-electron chi connectivity index (χ4n) is 2.46. The van der Waals surface area contributed by atoms with Gasteiger partial charge in [0.2, 0.25) is 0 Å². The largest absolute Gasteiger partial charge is 0.496 e. The second kappa shape index (κ2) is 6.41. The highest BCUT2D eigenvalue weighted by molar-refractivity contribution is 6.31. The van der Waals surface area contributed by atoms with Crippen LogP contribution in [0.1, 0.15) is 25.0 Å². The van der Waals surface area contributed by atoms with Crippen LogP contribution in [0, 0.1) is 5.92 Å². The predicted molar refractivity (Wildman–Crippen MR) is 73.3 cm³/mol. The number of nitrogens with one attached hydrogen (secondary N) is 1. The molecule has 2 atom stereocenters. The lowest BCUT2D eigenvalue weighted by Gasteiger charge is -2.22. The topological polar surface area (TPSA) is 30.5 Å². The smallest absolute Gasteiger partial charge is 0.126 e. The number of ether oxygens (including phenoxy) is 2. The van der Waals surface area contributed by atoms with E-state index in [0.29, 0.717) is 5.92 Å². The van der Waals surface area contributed by atoms with Crippen LogP contribution < -0.4 is 10.1 Å². The minimum Gasteiger partial charge on any atom is -0.496 e. The van der Waals surface area contributed by atoms with Gasteiger partial charge in [0.15, 0.2) is 0 Å². The first-order chi connectivity index (χ1) is 8.77. The van der Waals surface area contributed by atoms with Crippen LogP contribution in [0.15, 0.2) is 18.2 Å². The SMILES string of the molecule is CCNCC1CCOC1c1c(Cl)cccc1OC. The molecule has 2 unspecified atom stereocenters. The van der Waals surface area contributed by atoms with E-state index in [4.69, 9.17) is 21.1 Å². The minimum atomic E-state index is 0.0349. The summed E-state index contributed by atoms with van der Waals surface area (Å²) < 4.78 is 11.3. The quantitative estimate of drug-likeness (QED) is 0.891. The average molecular weight is 270 g/mol. The molecule has 1 aromatic carbocycles. The van der Waals surface area contributed by atoms with Crippen LogP contribution in [0.4, 0.5) is 0 Å². The van der Waals surface area contributed by atoms with Gasteiger partial charge in [0.1, 0.15) is 5.75 Å². The van der Waals surface area contributed by atoms with E-state index in [1.165, 1.54) is 0 Å². The monoisotopic (exact) mass is 269 g/mol. The maximum absolute atomic E-state index is 6.31. The molecule has 0 spiro atoms. The van der Waals surface area contributed by atoms with Gasteiger partial charge in [0.05, 0.1) is 18.2 Å². The summed E-state index contributed by atoms with van der Waals surface area (Å²) in [5.74, 6) is 1.27. The summed E-state index contributed by atoms with van der Waals surface area (Å²) in [6.07, 6.45) is 1.10. The van der Waals surface area contributed by atoms with Crippen molar-refractivity contribution in [3.8, 4) is 5.75 Å². The Morgan fingerprint density at radius 2 is 2.33 bits per heavy atom. The van der Waals surface area contributed by atoms with Gasteiger partial charge in [-0.2, -0.15) is 0 Å². The molecule has 0 bridgehead atoms. The number of hydrogen-bond donors (Lipinski definition) is 1. The lowest BCUT2D eigenvalue weighted by atomic mass is 9.94. The van der Waals surface area contributed by atoms with Gasteiger partial charge in [-0.1, -0.05) is 24.6 Å². The van der Waals surface area contributed by atoms with Crippen molar-refractivity contribution < 1.29 is 9.47 Å². The third kappa shape index (κ3) is 2.79. The first-order valence-corrected chi connectivity index (χ1v) is 6.80. The third-order valence-corrected chi connectivity index (χ3v) is 3.72. The van der Waals surface area contributed by atoms with Gasteiger partial charge in [-0.25, -0.2) is 0 Å². The molecule has 1 saturated heterocycles. The second-order valence-corrected chi connectivity index (χ2v) is 4.91. The minimum absolute atomic E-state index is 0.0349. The van der Waals surface area contributed by atoms with Crippen molar-refractivity contribution in [2.75, 3.05) is 26.8 Å². The van der Waals surface area contributed by atoms with Crippen LogP contribution >= 0.6 is 11.6 Å². The van der Waals surface area contributed by atoms with E-state index < -0.39 is 0 Å². The number of methoxy groups -OCH3 is 1. The number of benzene rings is 1. The van der Waals surface area contributed by atoms with Crippen molar-refractivity contribution >= 4 is 11.6 Å². The molecule has 0 saturated carbocycles. The van der Waals surface area contributed by atoms with Crippen molar-refractivity contribution in [2.45, 2.75) is 19.4 Å². The lowest BCUT2D eigenvalue weighted by Crippen LogP contribution is -2.24. The summed E-state index contributed by atoms with van der Waals surface area (Å²) in [6.45, 7) is 4.83. The summed E-state index contributed by atoms with van der Waals surface area (Å²) in [5, 5.41) is 4.11. The molecule has 4 heteroatoms. The summed E-state index contributed by atoms with van der Waals surface area (Å²) in [7, 11) is 1.67. The molecular weight excluding hydrogens is 250 g/mol. The number of rotatable bonds is 5. The second-order valence-electron chi connectivity index (χ2n) is 4.50. The standard InChI is InChI=1S/C14H20ClNO2/c1-3-16-9-10-7-8-18-14(10)13-11(15)5-4-6-12(13)17-2/h4-6,10,14,16H,3,7-9H2,1-2H3. The van der Waals surface area contributed by atoms with Crippen LogP contribution in [0.25, 0.3) is 0 Å². The van der Waals surface area contributed by atoms with E-state index >= 15 is 0 Å². The fourth-order valence-corrected chi connectivity index (χ4v) is 2.74. The van der Waals surface area contributed by atoms with Gasteiger partial charge in [-0.15, -0.1) is 0 Å². The Morgan fingerprint density at radius 3 is 3.06 bits per heavy atom. The molecule has 0 aromatic heterocycles. The Labute approximate surface area is 113 Å². The zero-order chi connectivity index (χ0) is 13.0.